The Morgan fingerprint density at radius 1 is 0.440 bits per heavy atom. The summed E-state index contributed by atoms with van der Waals surface area (Å²) in [5.41, 5.74) is 0. The quantitative estimate of drug-likeness (QED) is 0.320. The van der Waals surface area contributed by atoms with Crippen molar-refractivity contribution in [1.29, 1.82) is 0 Å². The first-order valence-corrected chi connectivity index (χ1v) is 8.45. The molecule has 5 aromatic carbocycles. The summed E-state index contributed by atoms with van der Waals surface area (Å²) in [6, 6.07) is 33.6. The van der Waals surface area contributed by atoms with Crippen LogP contribution in [0.4, 0.5) is 0 Å². The predicted octanol–water partition coefficient (Wildman–Crippen LogP) is 6.94. The maximum absolute atomic E-state index is 6.25. The molecule has 5 aromatic rings. The van der Waals surface area contributed by atoms with E-state index >= 15 is 0 Å². The van der Waals surface area contributed by atoms with Gasteiger partial charge in [0, 0.05) is 5.39 Å². The van der Waals surface area contributed by atoms with Gasteiger partial charge in [-0.25, -0.2) is 0 Å². The summed E-state index contributed by atoms with van der Waals surface area (Å²) in [6.07, 6.45) is 0. The fourth-order valence-electron chi connectivity index (χ4n) is 3.39. The Morgan fingerprint density at radius 3 is 1.88 bits per heavy atom. The zero-order valence-electron chi connectivity index (χ0n) is 13.6. The van der Waals surface area contributed by atoms with Crippen molar-refractivity contribution in [3.05, 3.63) is 97.1 Å². The molecule has 1 heteroatoms. The third kappa shape index (κ3) is 2.50. The molecule has 0 unspecified atom stereocenters. The molecule has 0 amide bonds. The Hall–Kier alpha value is -3.32. The van der Waals surface area contributed by atoms with E-state index in [0.29, 0.717) is 0 Å². The standard InChI is InChI=1S/C24H16O/c1-2-8-19-15-22(13-12-17(19)6-1)25-24-11-5-10-21-14-18-7-3-4-9-20(18)16-23(21)24/h1-16H. The lowest BCUT2D eigenvalue weighted by molar-refractivity contribution is 0.489. The van der Waals surface area contributed by atoms with Gasteiger partial charge in [0.1, 0.15) is 11.5 Å². The first-order chi connectivity index (χ1) is 12.4. The number of hydrogen-bond donors (Lipinski definition) is 0. The topological polar surface area (TPSA) is 9.23 Å². The lowest BCUT2D eigenvalue weighted by Gasteiger charge is -2.11. The molecule has 0 bridgehead atoms. The van der Waals surface area contributed by atoms with E-state index in [1.54, 1.807) is 0 Å². The molecule has 0 heterocycles. The zero-order valence-corrected chi connectivity index (χ0v) is 13.6. The lowest BCUT2D eigenvalue weighted by atomic mass is 10.0. The number of ether oxygens (including phenoxy) is 1. The highest BCUT2D eigenvalue weighted by Crippen LogP contribution is 2.33. The van der Waals surface area contributed by atoms with E-state index in [-0.39, 0.29) is 0 Å². The largest absolute Gasteiger partial charge is 0.457 e. The van der Waals surface area contributed by atoms with Crippen LogP contribution in [0, 0.1) is 0 Å². The van der Waals surface area contributed by atoms with Crippen LogP contribution in [0.1, 0.15) is 0 Å². The summed E-state index contributed by atoms with van der Waals surface area (Å²) >= 11 is 0. The van der Waals surface area contributed by atoms with Crippen LogP contribution >= 0.6 is 0 Å². The molecular weight excluding hydrogens is 304 g/mol. The normalized spacial score (nSPS) is 11.2. The van der Waals surface area contributed by atoms with Gasteiger partial charge in [0.05, 0.1) is 0 Å². The van der Waals surface area contributed by atoms with Gasteiger partial charge in [-0.1, -0.05) is 66.7 Å². The molecule has 0 saturated heterocycles. The minimum Gasteiger partial charge on any atom is -0.457 e. The Labute approximate surface area is 146 Å². The van der Waals surface area contributed by atoms with Gasteiger partial charge in [-0.15, -0.1) is 0 Å². The van der Waals surface area contributed by atoms with Gasteiger partial charge in [0.2, 0.25) is 0 Å². The Balaban J connectivity index is 1.64. The second kappa shape index (κ2) is 5.64. The molecule has 0 spiro atoms. The van der Waals surface area contributed by atoms with Gasteiger partial charge in [-0.3, -0.25) is 0 Å². The highest BCUT2D eigenvalue weighted by atomic mass is 16.5. The summed E-state index contributed by atoms with van der Waals surface area (Å²) < 4.78 is 6.25. The van der Waals surface area contributed by atoms with Crippen molar-refractivity contribution in [2.45, 2.75) is 0 Å². The summed E-state index contributed by atoms with van der Waals surface area (Å²) in [4.78, 5) is 0. The van der Waals surface area contributed by atoms with E-state index in [4.69, 9.17) is 4.74 Å². The van der Waals surface area contributed by atoms with Gasteiger partial charge in [0.25, 0.3) is 0 Å². The molecule has 0 N–H and O–H groups in total. The van der Waals surface area contributed by atoms with Crippen LogP contribution in [-0.2, 0) is 0 Å². The van der Waals surface area contributed by atoms with Gasteiger partial charge in [-0.2, -0.15) is 0 Å². The fraction of sp³-hybridized carbons (Fsp3) is 0. The third-order valence-electron chi connectivity index (χ3n) is 4.66. The van der Waals surface area contributed by atoms with Crippen LogP contribution in [0.3, 0.4) is 0 Å². The minimum atomic E-state index is 0.861. The second-order valence-electron chi connectivity index (χ2n) is 6.29. The van der Waals surface area contributed by atoms with Crippen molar-refractivity contribution in [2.24, 2.45) is 0 Å². The lowest BCUT2D eigenvalue weighted by Crippen LogP contribution is -1.87. The first kappa shape index (κ1) is 14.1. The van der Waals surface area contributed by atoms with Crippen LogP contribution in [0.25, 0.3) is 32.3 Å². The fourth-order valence-corrected chi connectivity index (χ4v) is 3.39. The summed E-state index contributed by atoms with van der Waals surface area (Å²) in [7, 11) is 0. The van der Waals surface area contributed by atoms with Gasteiger partial charge < -0.3 is 4.74 Å². The molecule has 0 aliphatic carbocycles. The molecule has 0 atom stereocenters. The molecule has 0 aliphatic rings. The van der Waals surface area contributed by atoms with E-state index in [9.17, 15) is 0 Å². The Bertz CT molecular complexity index is 1220. The molecule has 0 radical (unpaired) electrons. The second-order valence-corrected chi connectivity index (χ2v) is 6.29. The van der Waals surface area contributed by atoms with Gasteiger partial charge >= 0.3 is 0 Å². The number of hydrogen-bond acceptors (Lipinski definition) is 1. The van der Waals surface area contributed by atoms with Crippen molar-refractivity contribution in [3.8, 4) is 11.5 Å². The highest BCUT2D eigenvalue weighted by molar-refractivity contribution is 6.01. The molecule has 0 aliphatic heterocycles. The van der Waals surface area contributed by atoms with Crippen molar-refractivity contribution in [3.63, 3.8) is 0 Å². The summed E-state index contributed by atoms with van der Waals surface area (Å²) in [6.45, 7) is 0. The SMILES string of the molecule is c1ccc2cc(Oc3cccc4cc5ccccc5cc34)ccc2c1. The maximum Gasteiger partial charge on any atom is 0.135 e. The van der Waals surface area contributed by atoms with Crippen molar-refractivity contribution in [2.75, 3.05) is 0 Å². The van der Waals surface area contributed by atoms with Crippen molar-refractivity contribution >= 4 is 32.3 Å². The van der Waals surface area contributed by atoms with E-state index in [1.807, 2.05) is 18.2 Å². The number of rotatable bonds is 2. The first-order valence-electron chi connectivity index (χ1n) is 8.45. The molecule has 0 aromatic heterocycles. The predicted molar refractivity (Wildman–Crippen MR) is 105 cm³/mol. The Kier molecular flexibility index (Phi) is 3.17. The number of benzene rings is 5. The molecular formula is C24H16O. The van der Waals surface area contributed by atoms with Crippen molar-refractivity contribution < 1.29 is 4.74 Å². The number of fused-ring (bicyclic) bond motifs is 3. The van der Waals surface area contributed by atoms with E-state index in [1.165, 1.54) is 26.9 Å². The molecule has 0 saturated carbocycles. The minimum absolute atomic E-state index is 0.861. The third-order valence-corrected chi connectivity index (χ3v) is 4.66. The van der Waals surface area contributed by atoms with E-state index in [0.717, 1.165) is 16.9 Å². The van der Waals surface area contributed by atoms with Crippen LogP contribution < -0.4 is 4.74 Å². The molecule has 25 heavy (non-hydrogen) atoms. The van der Waals surface area contributed by atoms with Crippen LogP contribution in [0.2, 0.25) is 0 Å². The average Bonchev–Trinajstić information content (AvgIpc) is 2.67. The average molecular weight is 320 g/mol. The highest BCUT2D eigenvalue weighted by Gasteiger charge is 2.06. The van der Waals surface area contributed by atoms with E-state index < -0.39 is 0 Å². The van der Waals surface area contributed by atoms with Gasteiger partial charge in [-0.05, 0) is 57.3 Å². The molecule has 5 rings (SSSR count). The molecule has 1 nitrogen and oxygen atoms in total. The van der Waals surface area contributed by atoms with Crippen LogP contribution in [0.15, 0.2) is 97.1 Å². The van der Waals surface area contributed by atoms with Crippen molar-refractivity contribution in [1.82, 2.24) is 0 Å². The van der Waals surface area contributed by atoms with E-state index in [2.05, 4.69) is 78.9 Å². The molecule has 118 valence electrons. The monoisotopic (exact) mass is 320 g/mol. The smallest absolute Gasteiger partial charge is 0.135 e. The van der Waals surface area contributed by atoms with Crippen LogP contribution in [0.5, 0.6) is 11.5 Å². The molecule has 0 fully saturated rings. The Morgan fingerprint density at radius 2 is 1.08 bits per heavy atom. The zero-order chi connectivity index (χ0) is 16.6. The van der Waals surface area contributed by atoms with Gasteiger partial charge in [0.15, 0.2) is 0 Å². The summed E-state index contributed by atoms with van der Waals surface area (Å²) in [5.74, 6) is 1.75. The van der Waals surface area contributed by atoms with Crippen LogP contribution in [-0.4, -0.2) is 0 Å². The summed E-state index contributed by atoms with van der Waals surface area (Å²) in [5, 5.41) is 7.21. The maximum atomic E-state index is 6.25.